The highest BCUT2D eigenvalue weighted by Crippen LogP contribution is 2.11. The van der Waals surface area contributed by atoms with E-state index in [4.69, 9.17) is 18.6 Å². The SMILES string of the molecule is Cc1cc[n+]2c(ccc3ccccc32)c1.[O-][Cl+3]([O-])([O-])[O-]. The molecule has 2 heterocycles. The predicted octanol–water partition coefficient (Wildman–Crippen LogP) is -1.87. The van der Waals surface area contributed by atoms with Crippen molar-refractivity contribution in [2.75, 3.05) is 0 Å². The van der Waals surface area contributed by atoms with Crippen molar-refractivity contribution in [1.29, 1.82) is 0 Å². The number of para-hydroxylation sites is 1. The van der Waals surface area contributed by atoms with Crippen LogP contribution in [0, 0.1) is 17.2 Å². The summed E-state index contributed by atoms with van der Waals surface area (Å²) in [6.45, 7) is 2.12. The first-order valence-electron chi connectivity index (χ1n) is 5.76. The van der Waals surface area contributed by atoms with Crippen LogP contribution in [0.3, 0.4) is 0 Å². The summed E-state index contributed by atoms with van der Waals surface area (Å²) in [5.41, 5.74) is 3.80. The van der Waals surface area contributed by atoms with Crippen LogP contribution in [0.4, 0.5) is 0 Å². The molecule has 3 aromatic rings. The van der Waals surface area contributed by atoms with Crippen LogP contribution in [0.15, 0.2) is 54.7 Å². The monoisotopic (exact) mass is 293 g/mol. The lowest BCUT2D eigenvalue weighted by Crippen LogP contribution is -2.68. The molecule has 0 N–H and O–H groups in total. The van der Waals surface area contributed by atoms with Gasteiger partial charge in [0.1, 0.15) is 0 Å². The Balaban J connectivity index is 0.000000257. The highest BCUT2D eigenvalue weighted by molar-refractivity contribution is 5.77. The normalized spacial score (nSPS) is 11.2. The van der Waals surface area contributed by atoms with E-state index in [2.05, 4.69) is 66.1 Å². The molecule has 6 heteroatoms. The molecule has 20 heavy (non-hydrogen) atoms. The van der Waals surface area contributed by atoms with Crippen LogP contribution in [0.2, 0.25) is 0 Å². The Morgan fingerprint density at radius 1 is 0.900 bits per heavy atom. The lowest BCUT2D eigenvalue weighted by Gasteiger charge is -2.17. The fraction of sp³-hybridized carbons (Fsp3) is 0.0714. The van der Waals surface area contributed by atoms with Crippen molar-refractivity contribution in [2.24, 2.45) is 0 Å². The molecule has 0 radical (unpaired) electrons. The van der Waals surface area contributed by atoms with Crippen LogP contribution in [-0.2, 0) is 0 Å². The Kier molecular flexibility index (Phi) is 4.17. The van der Waals surface area contributed by atoms with Crippen LogP contribution in [0.1, 0.15) is 5.56 Å². The van der Waals surface area contributed by atoms with Crippen LogP contribution in [0.5, 0.6) is 0 Å². The molecule has 0 aliphatic carbocycles. The standard InChI is InChI=1S/C14H12N.ClHO4/c1-11-8-9-15-13(10-11)7-6-12-4-2-3-5-14(12)15;2-1(3,4)5/h2-10H,1H3;(H,2,3,4,5)/q+1;/p-1. The van der Waals surface area contributed by atoms with E-state index < -0.39 is 10.2 Å². The topological polar surface area (TPSA) is 96.3 Å². The minimum absolute atomic E-state index is 1.24. The number of halogens is 1. The fourth-order valence-corrected chi connectivity index (χ4v) is 2.00. The van der Waals surface area contributed by atoms with E-state index in [9.17, 15) is 0 Å². The maximum absolute atomic E-state index is 8.49. The summed E-state index contributed by atoms with van der Waals surface area (Å²) in [6, 6.07) is 17.1. The minimum Gasteiger partial charge on any atom is -0.222 e. The van der Waals surface area contributed by atoms with Crippen LogP contribution in [0.25, 0.3) is 16.4 Å². The van der Waals surface area contributed by atoms with Gasteiger partial charge in [-0.15, -0.1) is 10.2 Å². The van der Waals surface area contributed by atoms with Gasteiger partial charge in [0.15, 0.2) is 6.20 Å². The van der Waals surface area contributed by atoms with Gasteiger partial charge in [-0.2, -0.15) is 4.40 Å². The largest absolute Gasteiger partial charge is 0.222 e. The zero-order valence-electron chi connectivity index (χ0n) is 10.7. The van der Waals surface area contributed by atoms with E-state index in [-0.39, 0.29) is 0 Å². The first-order valence-corrected chi connectivity index (χ1v) is 6.99. The second-order valence-electron chi connectivity index (χ2n) is 4.27. The number of hydrogen-bond acceptors (Lipinski definition) is 4. The van der Waals surface area contributed by atoms with Gasteiger partial charge in [-0.1, -0.05) is 12.1 Å². The van der Waals surface area contributed by atoms with Crippen molar-refractivity contribution in [1.82, 2.24) is 0 Å². The Labute approximate surface area is 117 Å². The summed E-state index contributed by atoms with van der Waals surface area (Å²) in [6.07, 6.45) is 2.13. The quantitative estimate of drug-likeness (QED) is 0.358. The van der Waals surface area contributed by atoms with E-state index >= 15 is 0 Å². The summed E-state index contributed by atoms with van der Waals surface area (Å²) in [4.78, 5) is 0. The van der Waals surface area contributed by atoms with E-state index in [1.807, 2.05) is 0 Å². The van der Waals surface area contributed by atoms with Crippen molar-refractivity contribution >= 4 is 16.4 Å². The highest BCUT2D eigenvalue weighted by Gasteiger charge is 2.06. The number of aromatic nitrogens is 1. The predicted molar refractivity (Wildman–Crippen MR) is 61.8 cm³/mol. The van der Waals surface area contributed by atoms with Gasteiger partial charge < -0.3 is 0 Å². The molecule has 3 rings (SSSR count). The second-order valence-corrected chi connectivity index (χ2v) is 5.03. The Morgan fingerprint density at radius 2 is 1.55 bits per heavy atom. The molecule has 0 atom stereocenters. The number of pyridine rings is 2. The molecular formula is C14H12ClNO4. The van der Waals surface area contributed by atoms with Gasteiger partial charge in [0.25, 0.3) is 0 Å². The number of rotatable bonds is 0. The van der Waals surface area contributed by atoms with Gasteiger partial charge in [0.05, 0.1) is 0 Å². The van der Waals surface area contributed by atoms with E-state index in [1.165, 1.54) is 22.0 Å². The van der Waals surface area contributed by atoms with Gasteiger partial charge in [-0.3, -0.25) is 0 Å². The van der Waals surface area contributed by atoms with Gasteiger partial charge in [0, 0.05) is 29.7 Å². The lowest BCUT2D eigenvalue weighted by molar-refractivity contribution is -2.00. The van der Waals surface area contributed by atoms with Crippen molar-refractivity contribution in [3.8, 4) is 0 Å². The molecule has 0 fully saturated rings. The maximum Gasteiger partial charge on any atom is 0.218 e. The van der Waals surface area contributed by atoms with Crippen LogP contribution < -0.4 is 23.0 Å². The molecule has 0 unspecified atom stereocenters. The van der Waals surface area contributed by atoms with Crippen molar-refractivity contribution in [3.05, 3.63) is 60.3 Å². The van der Waals surface area contributed by atoms with E-state index in [0.29, 0.717) is 0 Å². The van der Waals surface area contributed by atoms with E-state index in [1.54, 1.807) is 0 Å². The summed E-state index contributed by atoms with van der Waals surface area (Å²) < 4.78 is 36.2. The molecule has 2 aromatic heterocycles. The molecule has 5 nitrogen and oxygen atoms in total. The summed E-state index contributed by atoms with van der Waals surface area (Å²) in [7, 11) is -4.94. The maximum atomic E-state index is 8.49. The van der Waals surface area contributed by atoms with Crippen molar-refractivity contribution < 1.29 is 33.3 Å². The number of nitrogens with zero attached hydrogens (tertiary/aromatic N) is 1. The Morgan fingerprint density at radius 3 is 2.25 bits per heavy atom. The third kappa shape index (κ3) is 3.86. The second kappa shape index (κ2) is 5.70. The third-order valence-corrected chi connectivity index (χ3v) is 2.77. The minimum atomic E-state index is -4.94. The molecule has 0 aliphatic rings. The molecule has 0 spiro atoms. The zero-order chi connectivity index (χ0) is 14.8. The average Bonchev–Trinajstić information content (AvgIpc) is 2.36. The number of hydrogen-bond donors (Lipinski definition) is 0. The summed E-state index contributed by atoms with van der Waals surface area (Å²) >= 11 is 0. The lowest BCUT2D eigenvalue weighted by atomic mass is 10.2. The van der Waals surface area contributed by atoms with Crippen LogP contribution >= 0.6 is 0 Å². The van der Waals surface area contributed by atoms with E-state index in [0.717, 1.165) is 0 Å². The first-order chi connectivity index (χ1) is 9.34. The number of benzene rings is 1. The molecule has 0 saturated carbocycles. The van der Waals surface area contributed by atoms with Gasteiger partial charge in [-0.05, 0) is 24.6 Å². The molecule has 0 aliphatic heterocycles. The molecule has 104 valence electrons. The molecule has 1 aromatic carbocycles. The molecular weight excluding hydrogens is 282 g/mol. The number of fused-ring (bicyclic) bond motifs is 3. The molecule has 0 bridgehead atoms. The smallest absolute Gasteiger partial charge is 0.218 e. The molecule has 0 saturated heterocycles. The van der Waals surface area contributed by atoms with Gasteiger partial charge in [-0.25, -0.2) is 18.6 Å². The average molecular weight is 294 g/mol. The van der Waals surface area contributed by atoms with Gasteiger partial charge >= 0.3 is 0 Å². The summed E-state index contributed by atoms with van der Waals surface area (Å²) in [5, 5.41) is 1.28. The third-order valence-electron chi connectivity index (χ3n) is 2.77. The highest BCUT2D eigenvalue weighted by atomic mass is 35.7. The van der Waals surface area contributed by atoms with Crippen LogP contribution in [-0.4, -0.2) is 0 Å². The summed E-state index contributed by atoms with van der Waals surface area (Å²) in [5.74, 6) is 0. The zero-order valence-corrected chi connectivity index (χ0v) is 11.4. The Hall–Kier alpha value is -1.76. The van der Waals surface area contributed by atoms with Crippen molar-refractivity contribution in [2.45, 2.75) is 6.92 Å². The van der Waals surface area contributed by atoms with Crippen molar-refractivity contribution in [3.63, 3.8) is 0 Å². The number of aryl methyl sites for hydroxylation is 1. The van der Waals surface area contributed by atoms with Gasteiger partial charge in [0.2, 0.25) is 11.0 Å². The molecule has 0 amide bonds. The Bertz CT molecular complexity index is 734. The first kappa shape index (κ1) is 14.6. The fourth-order valence-electron chi connectivity index (χ4n) is 2.00.